The summed E-state index contributed by atoms with van der Waals surface area (Å²) >= 11 is 3.79. The zero-order valence-corrected chi connectivity index (χ0v) is 7.41. The van der Waals surface area contributed by atoms with Crippen LogP contribution in [0.5, 0.6) is 0 Å². The Labute approximate surface area is 75.9 Å². The summed E-state index contributed by atoms with van der Waals surface area (Å²) < 4.78 is 4.57. The average molecular weight is 195 g/mol. The molecule has 0 radical (unpaired) electrons. The van der Waals surface area contributed by atoms with Crippen LogP contribution in [0.3, 0.4) is 0 Å². The molecule has 0 heterocycles. The number of aliphatic hydroxyl groups is 2. The van der Waals surface area contributed by atoms with Crippen LogP contribution in [0.15, 0.2) is 0 Å². The molecular weight excluding hydrogens is 182 g/mol. The number of aliphatic hydroxyl groups excluding tert-OH is 1. The molecular formula is C6H13NO4S. The van der Waals surface area contributed by atoms with Crippen LogP contribution in [0.25, 0.3) is 0 Å². The molecule has 0 aromatic rings. The minimum absolute atomic E-state index is 0.00890. The maximum atomic E-state index is 10.8. The molecule has 0 saturated heterocycles. The largest absolute Gasteiger partial charge is 0.464 e. The van der Waals surface area contributed by atoms with Crippen molar-refractivity contribution in [3.8, 4) is 0 Å². The highest BCUT2D eigenvalue weighted by molar-refractivity contribution is 7.80. The third-order valence-electron chi connectivity index (χ3n) is 1.12. The van der Waals surface area contributed by atoms with Crippen molar-refractivity contribution in [1.29, 1.82) is 0 Å². The highest BCUT2D eigenvalue weighted by atomic mass is 32.1. The Morgan fingerprint density at radius 2 is 2.17 bits per heavy atom. The van der Waals surface area contributed by atoms with E-state index in [1.165, 1.54) is 0 Å². The van der Waals surface area contributed by atoms with Crippen molar-refractivity contribution in [2.24, 2.45) is 5.73 Å². The third kappa shape index (κ3) is 5.36. The van der Waals surface area contributed by atoms with E-state index in [0.29, 0.717) is 0 Å². The second-order valence-corrected chi connectivity index (χ2v) is 2.59. The predicted octanol–water partition coefficient (Wildman–Crippen LogP) is -1.51. The SMILES string of the molecule is N[C@@H](CS)C(=O)OCCC(O)O. The molecule has 5 nitrogen and oxygen atoms in total. The van der Waals surface area contributed by atoms with E-state index in [1.54, 1.807) is 0 Å². The van der Waals surface area contributed by atoms with Gasteiger partial charge in [-0.25, -0.2) is 0 Å². The molecule has 4 N–H and O–H groups in total. The van der Waals surface area contributed by atoms with E-state index in [0.717, 1.165) is 0 Å². The van der Waals surface area contributed by atoms with Crippen molar-refractivity contribution in [2.45, 2.75) is 18.8 Å². The standard InChI is InChI=1S/C6H13NO4S/c7-4(3-12)6(10)11-2-1-5(8)9/h4-5,8-9,12H,1-3,7H2/t4-/m0/s1. The third-order valence-corrected chi connectivity index (χ3v) is 1.51. The van der Waals surface area contributed by atoms with Gasteiger partial charge in [0.05, 0.1) is 6.61 Å². The van der Waals surface area contributed by atoms with E-state index in [2.05, 4.69) is 17.4 Å². The lowest BCUT2D eigenvalue weighted by Gasteiger charge is -2.09. The van der Waals surface area contributed by atoms with Crippen LogP contribution in [-0.4, -0.2) is 40.9 Å². The van der Waals surface area contributed by atoms with Crippen LogP contribution in [0, 0.1) is 0 Å². The van der Waals surface area contributed by atoms with Gasteiger partial charge in [-0.15, -0.1) is 0 Å². The van der Waals surface area contributed by atoms with E-state index in [1.807, 2.05) is 0 Å². The predicted molar refractivity (Wildman–Crippen MR) is 45.6 cm³/mol. The van der Waals surface area contributed by atoms with E-state index in [-0.39, 0.29) is 18.8 Å². The second-order valence-electron chi connectivity index (χ2n) is 2.23. The molecule has 0 aromatic carbocycles. The summed E-state index contributed by atoms with van der Waals surface area (Å²) in [6.07, 6.45) is -1.46. The Morgan fingerprint density at radius 3 is 2.58 bits per heavy atom. The Kier molecular flexibility index (Phi) is 6.09. The Hall–Kier alpha value is -0.300. The highest BCUT2D eigenvalue weighted by Crippen LogP contribution is 1.92. The molecule has 0 fully saturated rings. The molecule has 0 aliphatic rings. The van der Waals surface area contributed by atoms with Crippen molar-refractivity contribution in [3.63, 3.8) is 0 Å². The molecule has 1 atom stereocenters. The van der Waals surface area contributed by atoms with Gasteiger partial charge >= 0.3 is 5.97 Å². The number of carbonyl (C=O) groups is 1. The van der Waals surface area contributed by atoms with Gasteiger partial charge in [-0.2, -0.15) is 12.6 Å². The minimum atomic E-state index is -1.45. The van der Waals surface area contributed by atoms with Crippen LogP contribution >= 0.6 is 12.6 Å². The first-order chi connectivity index (χ1) is 5.57. The summed E-state index contributed by atoms with van der Waals surface area (Å²) in [7, 11) is 0. The average Bonchev–Trinajstić information content (AvgIpc) is 2.02. The van der Waals surface area contributed by atoms with Gasteiger partial charge in [0.25, 0.3) is 0 Å². The lowest BCUT2D eigenvalue weighted by atomic mass is 10.4. The quantitative estimate of drug-likeness (QED) is 0.243. The fourth-order valence-corrected chi connectivity index (χ4v) is 0.596. The van der Waals surface area contributed by atoms with E-state index in [4.69, 9.17) is 15.9 Å². The van der Waals surface area contributed by atoms with Gasteiger partial charge in [0, 0.05) is 12.2 Å². The number of hydrogen-bond donors (Lipinski definition) is 4. The van der Waals surface area contributed by atoms with E-state index < -0.39 is 18.3 Å². The monoisotopic (exact) mass is 195 g/mol. The fraction of sp³-hybridized carbons (Fsp3) is 0.833. The summed E-state index contributed by atoms with van der Waals surface area (Å²) in [6, 6.07) is -0.746. The van der Waals surface area contributed by atoms with Gasteiger partial charge in [-0.05, 0) is 0 Å². The molecule has 6 heteroatoms. The molecule has 72 valence electrons. The van der Waals surface area contributed by atoms with Crippen LogP contribution in [0.4, 0.5) is 0 Å². The Bertz CT molecular complexity index is 142. The lowest BCUT2D eigenvalue weighted by Crippen LogP contribution is -2.34. The topological polar surface area (TPSA) is 92.8 Å². The molecule has 0 unspecified atom stereocenters. The maximum absolute atomic E-state index is 10.8. The van der Waals surface area contributed by atoms with Crippen LogP contribution in [-0.2, 0) is 9.53 Å². The Balaban J connectivity index is 3.44. The maximum Gasteiger partial charge on any atom is 0.323 e. The molecule has 0 aliphatic heterocycles. The summed E-state index contributed by atoms with van der Waals surface area (Å²) in [5, 5.41) is 16.8. The normalized spacial score (nSPS) is 13.1. The second kappa shape index (κ2) is 6.24. The van der Waals surface area contributed by atoms with Crippen LogP contribution in [0.1, 0.15) is 6.42 Å². The number of hydrogen-bond acceptors (Lipinski definition) is 6. The van der Waals surface area contributed by atoms with Crippen LogP contribution < -0.4 is 5.73 Å². The van der Waals surface area contributed by atoms with Crippen molar-refractivity contribution in [1.82, 2.24) is 0 Å². The fourth-order valence-electron chi connectivity index (χ4n) is 0.447. The van der Waals surface area contributed by atoms with Crippen molar-refractivity contribution in [2.75, 3.05) is 12.4 Å². The number of nitrogens with two attached hydrogens (primary N) is 1. The Morgan fingerprint density at radius 1 is 1.58 bits per heavy atom. The smallest absolute Gasteiger partial charge is 0.323 e. The first-order valence-corrected chi connectivity index (χ1v) is 4.10. The van der Waals surface area contributed by atoms with Gasteiger partial charge in [0.15, 0.2) is 6.29 Å². The summed E-state index contributed by atoms with van der Waals surface area (Å²) in [5.74, 6) is -0.369. The van der Waals surface area contributed by atoms with Gasteiger partial charge < -0.3 is 20.7 Å². The molecule has 12 heavy (non-hydrogen) atoms. The molecule has 0 bridgehead atoms. The van der Waals surface area contributed by atoms with Crippen LogP contribution in [0.2, 0.25) is 0 Å². The van der Waals surface area contributed by atoms with Crippen molar-refractivity contribution in [3.05, 3.63) is 0 Å². The minimum Gasteiger partial charge on any atom is -0.464 e. The molecule has 0 saturated carbocycles. The summed E-state index contributed by atoms with van der Waals surface area (Å²) in [4.78, 5) is 10.8. The van der Waals surface area contributed by atoms with Gasteiger partial charge in [-0.1, -0.05) is 0 Å². The molecule has 0 aromatic heterocycles. The number of ether oxygens (including phenoxy) is 1. The van der Waals surface area contributed by atoms with Gasteiger partial charge in [0.2, 0.25) is 0 Å². The first kappa shape index (κ1) is 11.7. The molecule has 0 rings (SSSR count). The first-order valence-electron chi connectivity index (χ1n) is 3.47. The van der Waals surface area contributed by atoms with Gasteiger partial charge in [-0.3, -0.25) is 4.79 Å². The molecule has 0 aliphatic carbocycles. The summed E-state index contributed by atoms with van der Waals surface area (Å²) in [6.45, 7) is -0.0437. The van der Waals surface area contributed by atoms with Gasteiger partial charge in [0.1, 0.15) is 6.04 Å². The number of carbonyl (C=O) groups excluding carboxylic acids is 1. The molecule has 0 spiro atoms. The number of esters is 1. The van der Waals surface area contributed by atoms with E-state index >= 15 is 0 Å². The zero-order chi connectivity index (χ0) is 9.56. The lowest BCUT2D eigenvalue weighted by molar-refractivity contribution is -0.147. The summed E-state index contributed by atoms with van der Waals surface area (Å²) in [5.41, 5.74) is 5.26. The number of thiol groups is 1. The number of rotatable bonds is 5. The zero-order valence-electron chi connectivity index (χ0n) is 6.51. The molecule has 0 amide bonds. The highest BCUT2D eigenvalue weighted by Gasteiger charge is 2.12. The van der Waals surface area contributed by atoms with Crippen molar-refractivity contribution >= 4 is 18.6 Å². The van der Waals surface area contributed by atoms with Crippen molar-refractivity contribution < 1.29 is 19.7 Å². The van der Waals surface area contributed by atoms with E-state index in [9.17, 15) is 4.79 Å².